The first-order valence-corrected chi connectivity index (χ1v) is 8.17. The van der Waals surface area contributed by atoms with Gasteiger partial charge in [0.05, 0.1) is 0 Å². The fraction of sp³-hybridized carbons (Fsp3) is 0.211. The maximum Gasteiger partial charge on any atom is 0.248 e. The molecule has 0 saturated carbocycles. The Morgan fingerprint density at radius 1 is 1.04 bits per heavy atom. The zero-order chi connectivity index (χ0) is 16.5. The predicted octanol–water partition coefficient (Wildman–Crippen LogP) is 3.60. The van der Waals surface area contributed by atoms with Gasteiger partial charge in [0.2, 0.25) is 5.95 Å². The summed E-state index contributed by atoms with van der Waals surface area (Å²) in [4.78, 5) is 0. The van der Waals surface area contributed by atoms with Crippen LogP contribution in [0.2, 0.25) is 0 Å². The first kappa shape index (κ1) is 14.6. The number of anilines is 1. The molecule has 120 valence electrons. The maximum atomic E-state index is 4.15. The second-order valence-electron chi connectivity index (χ2n) is 6.06. The van der Waals surface area contributed by atoms with Crippen molar-refractivity contribution in [3.63, 3.8) is 0 Å². The number of tetrazole rings is 1. The van der Waals surface area contributed by atoms with Gasteiger partial charge in [-0.25, -0.2) is 0 Å². The third-order valence-electron chi connectivity index (χ3n) is 4.42. The van der Waals surface area contributed by atoms with E-state index in [4.69, 9.17) is 0 Å². The van der Waals surface area contributed by atoms with Crippen molar-refractivity contribution in [3.8, 4) is 0 Å². The highest BCUT2D eigenvalue weighted by atomic mass is 15.6. The van der Waals surface area contributed by atoms with Crippen LogP contribution in [0.15, 0.2) is 54.6 Å². The molecule has 3 aromatic rings. The Morgan fingerprint density at radius 3 is 2.50 bits per heavy atom. The van der Waals surface area contributed by atoms with E-state index < -0.39 is 0 Å². The summed E-state index contributed by atoms with van der Waals surface area (Å²) in [5, 5.41) is 15.4. The number of rotatable bonds is 3. The van der Waals surface area contributed by atoms with Crippen molar-refractivity contribution in [1.29, 1.82) is 0 Å². The molecular weight excluding hydrogens is 298 g/mol. The smallest absolute Gasteiger partial charge is 0.248 e. The Hall–Kier alpha value is -2.95. The number of aromatic nitrogens is 4. The first-order valence-electron chi connectivity index (χ1n) is 8.17. The van der Waals surface area contributed by atoms with E-state index in [1.807, 2.05) is 4.68 Å². The van der Waals surface area contributed by atoms with Gasteiger partial charge in [-0.15, -0.1) is 0 Å². The SMILES string of the molecule is CCc1ccc([C@H]2C=C(c3ccc(C)cc3)Nc3nnnn32)cc1. The molecule has 0 fully saturated rings. The van der Waals surface area contributed by atoms with Crippen molar-refractivity contribution in [2.24, 2.45) is 0 Å². The highest BCUT2D eigenvalue weighted by Gasteiger charge is 2.24. The molecule has 0 amide bonds. The van der Waals surface area contributed by atoms with Gasteiger partial charge in [-0.1, -0.05) is 66.1 Å². The van der Waals surface area contributed by atoms with Crippen LogP contribution in [0.1, 0.15) is 35.2 Å². The van der Waals surface area contributed by atoms with Crippen LogP contribution >= 0.6 is 0 Å². The Labute approximate surface area is 141 Å². The van der Waals surface area contributed by atoms with Crippen molar-refractivity contribution in [2.75, 3.05) is 5.32 Å². The van der Waals surface area contributed by atoms with Gasteiger partial charge in [0.1, 0.15) is 6.04 Å². The normalized spacial score (nSPS) is 16.2. The number of hydrogen-bond acceptors (Lipinski definition) is 4. The summed E-state index contributed by atoms with van der Waals surface area (Å²) < 4.78 is 1.82. The molecule has 1 aromatic heterocycles. The lowest BCUT2D eigenvalue weighted by molar-refractivity contribution is 0.585. The molecule has 5 heteroatoms. The van der Waals surface area contributed by atoms with Crippen molar-refractivity contribution < 1.29 is 0 Å². The van der Waals surface area contributed by atoms with E-state index in [1.165, 1.54) is 16.7 Å². The van der Waals surface area contributed by atoms with Gasteiger partial charge in [0.15, 0.2) is 0 Å². The summed E-state index contributed by atoms with van der Waals surface area (Å²) in [6.45, 7) is 4.25. The molecule has 4 rings (SSSR count). The van der Waals surface area contributed by atoms with Gasteiger partial charge in [-0.2, -0.15) is 4.68 Å². The summed E-state index contributed by atoms with van der Waals surface area (Å²) >= 11 is 0. The second kappa shape index (κ2) is 5.92. The van der Waals surface area contributed by atoms with Crippen LogP contribution in [0.25, 0.3) is 5.70 Å². The van der Waals surface area contributed by atoms with Crippen LogP contribution in [0.3, 0.4) is 0 Å². The average Bonchev–Trinajstić information content (AvgIpc) is 3.10. The van der Waals surface area contributed by atoms with Gasteiger partial charge >= 0.3 is 0 Å². The minimum atomic E-state index is -0.0153. The summed E-state index contributed by atoms with van der Waals surface area (Å²) in [7, 11) is 0. The fourth-order valence-corrected chi connectivity index (χ4v) is 2.94. The minimum absolute atomic E-state index is 0.0153. The maximum absolute atomic E-state index is 4.15. The molecule has 0 aliphatic carbocycles. The van der Waals surface area contributed by atoms with Gasteiger partial charge < -0.3 is 5.32 Å². The number of hydrogen-bond donors (Lipinski definition) is 1. The summed E-state index contributed by atoms with van der Waals surface area (Å²) in [5.41, 5.74) is 5.90. The van der Waals surface area contributed by atoms with E-state index in [2.05, 4.69) is 89.3 Å². The molecule has 0 saturated heterocycles. The Bertz CT molecular complexity index is 875. The predicted molar refractivity (Wildman–Crippen MR) is 94.6 cm³/mol. The lowest BCUT2D eigenvalue weighted by Crippen LogP contribution is -2.20. The molecule has 0 unspecified atom stereocenters. The summed E-state index contributed by atoms with van der Waals surface area (Å²) in [6.07, 6.45) is 3.21. The van der Waals surface area contributed by atoms with E-state index in [9.17, 15) is 0 Å². The second-order valence-corrected chi connectivity index (χ2v) is 6.06. The molecule has 2 aromatic carbocycles. The number of benzene rings is 2. The molecule has 0 bridgehead atoms. The lowest BCUT2D eigenvalue weighted by Gasteiger charge is -2.23. The number of nitrogens with zero attached hydrogens (tertiary/aromatic N) is 4. The third-order valence-corrected chi connectivity index (χ3v) is 4.42. The summed E-state index contributed by atoms with van der Waals surface area (Å²) in [6, 6.07) is 17.1. The zero-order valence-corrected chi connectivity index (χ0v) is 13.8. The molecule has 1 aliphatic rings. The van der Waals surface area contributed by atoms with Gasteiger partial charge in [-0.05, 0) is 46.5 Å². The number of aryl methyl sites for hydroxylation is 2. The topological polar surface area (TPSA) is 55.6 Å². The number of allylic oxidation sites excluding steroid dienone is 1. The highest BCUT2D eigenvalue weighted by Crippen LogP contribution is 2.31. The van der Waals surface area contributed by atoms with Crippen LogP contribution in [-0.4, -0.2) is 20.2 Å². The quantitative estimate of drug-likeness (QED) is 0.802. The van der Waals surface area contributed by atoms with Crippen LogP contribution in [0.5, 0.6) is 0 Å². The molecule has 0 radical (unpaired) electrons. The molecular formula is C19H19N5. The summed E-state index contributed by atoms with van der Waals surface area (Å²) in [5.74, 6) is 0.664. The molecule has 2 heterocycles. The standard InChI is InChI=1S/C19H19N5/c1-3-14-6-10-16(11-7-14)18-12-17(15-8-4-13(2)5-9-15)20-19-21-22-23-24(18)19/h4-12,18H,3H2,1-2H3,(H,20,21,23)/t18-/m1/s1. The molecule has 0 spiro atoms. The molecule has 24 heavy (non-hydrogen) atoms. The van der Waals surface area contributed by atoms with Gasteiger partial charge in [0, 0.05) is 5.70 Å². The highest BCUT2D eigenvalue weighted by molar-refractivity contribution is 5.77. The van der Waals surface area contributed by atoms with Crippen molar-refractivity contribution in [3.05, 3.63) is 76.9 Å². The number of nitrogens with one attached hydrogen (secondary N) is 1. The van der Waals surface area contributed by atoms with Gasteiger partial charge in [0.25, 0.3) is 0 Å². The first-order chi connectivity index (χ1) is 11.7. The van der Waals surface area contributed by atoms with Crippen LogP contribution < -0.4 is 5.32 Å². The zero-order valence-electron chi connectivity index (χ0n) is 13.8. The fourth-order valence-electron chi connectivity index (χ4n) is 2.94. The van der Waals surface area contributed by atoms with E-state index in [0.29, 0.717) is 5.95 Å². The lowest BCUT2D eigenvalue weighted by atomic mass is 10.00. The molecule has 1 atom stereocenters. The van der Waals surface area contributed by atoms with Crippen LogP contribution in [0.4, 0.5) is 5.95 Å². The monoisotopic (exact) mass is 317 g/mol. The van der Waals surface area contributed by atoms with E-state index in [-0.39, 0.29) is 6.04 Å². The minimum Gasteiger partial charge on any atom is -0.323 e. The molecule has 1 N–H and O–H groups in total. The number of fused-ring (bicyclic) bond motifs is 1. The van der Waals surface area contributed by atoms with Crippen molar-refractivity contribution in [2.45, 2.75) is 26.3 Å². The Morgan fingerprint density at radius 2 is 1.79 bits per heavy atom. The average molecular weight is 317 g/mol. The van der Waals surface area contributed by atoms with E-state index in [1.54, 1.807) is 0 Å². The van der Waals surface area contributed by atoms with Crippen LogP contribution in [0, 0.1) is 6.92 Å². The Kier molecular flexibility index (Phi) is 3.61. The van der Waals surface area contributed by atoms with E-state index >= 15 is 0 Å². The largest absolute Gasteiger partial charge is 0.323 e. The van der Waals surface area contributed by atoms with Gasteiger partial charge in [-0.3, -0.25) is 0 Å². The van der Waals surface area contributed by atoms with Crippen molar-refractivity contribution in [1.82, 2.24) is 20.2 Å². The third kappa shape index (κ3) is 2.58. The van der Waals surface area contributed by atoms with Crippen LogP contribution in [-0.2, 0) is 6.42 Å². The molecule has 1 aliphatic heterocycles. The van der Waals surface area contributed by atoms with Crippen molar-refractivity contribution >= 4 is 11.6 Å². The molecule has 5 nitrogen and oxygen atoms in total. The van der Waals surface area contributed by atoms with E-state index in [0.717, 1.165) is 17.7 Å². The Balaban J connectivity index is 1.77.